The van der Waals surface area contributed by atoms with E-state index >= 15 is 0 Å². The normalized spacial score (nSPS) is 15.7. The van der Waals surface area contributed by atoms with Crippen LogP contribution >= 0.6 is 0 Å². The number of anilines is 1. The molecule has 1 N–H and O–H groups in total. The number of benzene rings is 3. The number of rotatable bonds is 8. The maximum absolute atomic E-state index is 13.1. The first-order valence-corrected chi connectivity index (χ1v) is 10.8. The SMILES string of the molecule is O[C@H](COCc1ccc(-c2ccccc2)cc1)CN1CCN(c2ccc(F)cc2)CC1. The fraction of sp³-hybridized carbons (Fsp3) is 0.308. The third-order valence-electron chi connectivity index (χ3n) is 5.67. The molecule has 3 aromatic rings. The van der Waals surface area contributed by atoms with E-state index in [1.165, 1.54) is 23.3 Å². The van der Waals surface area contributed by atoms with Gasteiger partial charge in [-0.15, -0.1) is 0 Å². The van der Waals surface area contributed by atoms with Crippen LogP contribution in [0.1, 0.15) is 5.56 Å². The summed E-state index contributed by atoms with van der Waals surface area (Å²) < 4.78 is 18.8. The molecule has 0 unspecified atom stereocenters. The van der Waals surface area contributed by atoms with E-state index in [-0.39, 0.29) is 5.82 Å². The van der Waals surface area contributed by atoms with Crippen LogP contribution in [0.25, 0.3) is 11.1 Å². The molecule has 1 saturated heterocycles. The lowest BCUT2D eigenvalue weighted by Gasteiger charge is -2.36. The number of hydrogen-bond acceptors (Lipinski definition) is 4. The molecule has 4 nitrogen and oxygen atoms in total. The van der Waals surface area contributed by atoms with Crippen LogP contribution < -0.4 is 4.90 Å². The van der Waals surface area contributed by atoms with Gasteiger partial charge in [-0.05, 0) is 41.0 Å². The van der Waals surface area contributed by atoms with E-state index in [1.807, 2.05) is 30.3 Å². The van der Waals surface area contributed by atoms with Crippen molar-refractivity contribution in [3.63, 3.8) is 0 Å². The van der Waals surface area contributed by atoms with Crippen LogP contribution in [0, 0.1) is 5.82 Å². The molecular formula is C26H29FN2O2. The van der Waals surface area contributed by atoms with Gasteiger partial charge in [0, 0.05) is 38.4 Å². The summed E-state index contributed by atoms with van der Waals surface area (Å²) in [5.74, 6) is -0.211. The maximum atomic E-state index is 13.1. The van der Waals surface area contributed by atoms with Crippen LogP contribution in [0.5, 0.6) is 0 Å². The standard InChI is InChI=1S/C26H29FN2O2/c27-24-10-12-25(13-11-24)29-16-14-28(15-17-29)18-26(30)20-31-19-21-6-8-23(9-7-21)22-4-2-1-3-5-22/h1-13,26,30H,14-20H2/t26-/m0/s1. The molecule has 1 aliphatic rings. The Morgan fingerprint density at radius 2 is 1.45 bits per heavy atom. The Labute approximate surface area is 183 Å². The summed E-state index contributed by atoms with van der Waals surface area (Å²) in [5.41, 5.74) is 4.53. The van der Waals surface area contributed by atoms with Crippen molar-refractivity contribution >= 4 is 5.69 Å². The molecule has 31 heavy (non-hydrogen) atoms. The molecule has 1 heterocycles. The highest BCUT2D eigenvalue weighted by molar-refractivity contribution is 5.63. The number of aliphatic hydroxyl groups is 1. The smallest absolute Gasteiger partial charge is 0.123 e. The van der Waals surface area contributed by atoms with Crippen LogP contribution in [0.15, 0.2) is 78.9 Å². The summed E-state index contributed by atoms with van der Waals surface area (Å²) in [6.07, 6.45) is -0.513. The lowest BCUT2D eigenvalue weighted by Crippen LogP contribution is -2.49. The second-order valence-corrected chi connectivity index (χ2v) is 8.00. The Kier molecular flexibility index (Phi) is 7.30. The highest BCUT2D eigenvalue weighted by Gasteiger charge is 2.19. The van der Waals surface area contributed by atoms with Crippen molar-refractivity contribution in [3.8, 4) is 11.1 Å². The quantitative estimate of drug-likeness (QED) is 0.593. The summed E-state index contributed by atoms with van der Waals surface area (Å²) >= 11 is 0. The predicted octanol–water partition coefficient (Wildman–Crippen LogP) is 4.19. The zero-order valence-corrected chi connectivity index (χ0v) is 17.7. The third kappa shape index (κ3) is 6.14. The van der Waals surface area contributed by atoms with Crippen molar-refractivity contribution in [2.45, 2.75) is 12.7 Å². The van der Waals surface area contributed by atoms with Gasteiger partial charge in [0.2, 0.25) is 0 Å². The van der Waals surface area contributed by atoms with Gasteiger partial charge < -0.3 is 14.7 Å². The zero-order valence-electron chi connectivity index (χ0n) is 17.7. The number of piperazine rings is 1. The van der Waals surface area contributed by atoms with Gasteiger partial charge in [0.15, 0.2) is 0 Å². The van der Waals surface area contributed by atoms with Gasteiger partial charge in [-0.3, -0.25) is 4.90 Å². The van der Waals surface area contributed by atoms with Crippen LogP contribution in [-0.4, -0.2) is 55.4 Å². The topological polar surface area (TPSA) is 35.9 Å². The number of nitrogens with zero attached hydrogens (tertiary/aromatic N) is 2. The van der Waals surface area contributed by atoms with Gasteiger partial charge in [0.05, 0.1) is 19.3 Å². The van der Waals surface area contributed by atoms with Crippen molar-refractivity contribution in [2.24, 2.45) is 0 Å². The van der Waals surface area contributed by atoms with Crippen LogP contribution in [0.3, 0.4) is 0 Å². The number of β-amino-alcohol motifs (C(OH)–C–C–N with tert-alkyl or cyclic N) is 1. The molecule has 1 aliphatic heterocycles. The van der Waals surface area contributed by atoms with E-state index < -0.39 is 6.10 Å². The second-order valence-electron chi connectivity index (χ2n) is 8.00. The van der Waals surface area contributed by atoms with Crippen molar-refractivity contribution in [3.05, 3.63) is 90.2 Å². The minimum Gasteiger partial charge on any atom is -0.389 e. The molecule has 0 radical (unpaired) electrons. The number of halogens is 1. The predicted molar refractivity (Wildman–Crippen MR) is 123 cm³/mol. The minimum atomic E-state index is -0.513. The zero-order chi connectivity index (χ0) is 21.5. The highest BCUT2D eigenvalue weighted by Crippen LogP contribution is 2.20. The molecule has 1 atom stereocenters. The van der Waals surface area contributed by atoms with Gasteiger partial charge in [0.25, 0.3) is 0 Å². The average molecular weight is 421 g/mol. The fourth-order valence-electron chi connectivity index (χ4n) is 3.93. The molecule has 3 aromatic carbocycles. The van der Waals surface area contributed by atoms with E-state index in [0.29, 0.717) is 19.8 Å². The Morgan fingerprint density at radius 1 is 0.806 bits per heavy atom. The van der Waals surface area contributed by atoms with Gasteiger partial charge in [-0.2, -0.15) is 0 Å². The molecule has 162 valence electrons. The van der Waals surface area contributed by atoms with E-state index in [9.17, 15) is 9.50 Å². The average Bonchev–Trinajstić information content (AvgIpc) is 2.81. The summed E-state index contributed by atoms with van der Waals surface area (Å²) in [4.78, 5) is 4.50. The second kappa shape index (κ2) is 10.5. The fourth-order valence-corrected chi connectivity index (χ4v) is 3.93. The summed E-state index contributed by atoms with van der Waals surface area (Å²) in [7, 11) is 0. The van der Waals surface area contributed by atoms with Crippen molar-refractivity contribution in [1.82, 2.24) is 4.90 Å². The molecule has 5 heteroatoms. The molecule has 1 fully saturated rings. The first-order chi connectivity index (χ1) is 15.2. The van der Waals surface area contributed by atoms with Gasteiger partial charge in [0.1, 0.15) is 5.82 Å². The van der Waals surface area contributed by atoms with Crippen LogP contribution in [-0.2, 0) is 11.3 Å². The third-order valence-corrected chi connectivity index (χ3v) is 5.67. The van der Waals surface area contributed by atoms with Crippen molar-refractivity contribution in [1.29, 1.82) is 0 Å². The van der Waals surface area contributed by atoms with Crippen LogP contribution in [0.4, 0.5) is 10.1 Å². The van der Waals surface area contributed by atoms with E-state index in [0.717, 1.165) is 37.4 Å². The Morgan fingerprint density at radius 3 is 2.13 bits per heavy atom. The molecule has 0 aliphatic carbocycles. The Balaban J connectivity index is 1.16. The van der Waals surface area contributed by atoms with Gasteiger partial charge >= 0.3 is 0 Å². The molecule has 0 spiro atoms. The molecule has 0 amide bonds. The number of aliphatic hydroxyl groups excluding tert-OH is 1. The lowest BCUT2D eigenvalue weighted by molar-refractivity contribution is 0.00914. The molecule has 0 saturated carbocycles. The van der Waals surface area contributed by atoms with Gasteiger partial charge in [-0.25, -0.2) is 4.39 Å². The van der Waals surface area contributed by atoms with E-state index in [1.54, 1.807) is 0 Å². The highest BCUT2D eigenvalue weighted by atomic mass is 19.1. The van der Waals surface area contributed by atoms with Gasteiger partial charge in [-0.1, -0.05) is 54.6 Å². The molecule has 0 bridgehead atoms. The molecule has 0 aromatic heterocycles. The monoisotopic (exact) mass is 420 g/mol. The van der Waals surface area contributed by atoms with E-state index in [4.69, 9.17) is 4.74 Å². The van der Waals surface area contributed by atoms with Crippen LogP contribution in [0.2, 0.25) is 0 Å². The Hall–Kier alpha value is -2.73. The first-order valence-electron chi connectivity index (χ1n) is 10.8. The lowest BCUT2D eigenvalue weighted by atomic mass is 10.0. The summed E-state index contributed by atoms with van der Waals surface area (Å²) in [5, 5.41) is 10.4. The first kappa shape index (κ1) is 21.5. The van der Waals surface area contributed by atoms with E-state index in [2.05, 4.69) is 46.2 Å². The molecule has 4 rings (SSSR count). The molecular weight excluding hydrogens is 391 g/mol. The minimum absolute atomic E-state index is 0.211. The van der Waals surface area contributed by atoms with Crippen molar-refractivity contribution in [2.75, 3.05) is 44.2 Å². The summed E-state index contributed by atoms with van der Waals surface area (Å²) in [6.45, 7) is 4.89. The van der Waals surface area contributed by atoms with Crippen molar-refractivity contribution < 1.29 is 14.2 Å². The maximum Gasteiger partial charge on any atom is 0.123 e. The Bertz CT molecular complexity index is 924. The number of hydrogen-bond donors (Lipinski definition) is 1. The largest absolute Gasteiger partial charge is 0.389 e. The summed E-state index contributed by atoms with van der Waals surface area (Å²) in [6, 6.07) is 25.3. The number of ether oxygens (including phenoxy) is 1.